The number of benzene rings is 2. The zero-order valence-corrected chi connectivity index (χ0v) is 18.0. The predicted octanol–water partition coefficient (Wildman–Crippen LogP) is 5.87. The van der Waals surface area contributed by atoms with E-state index in [1.807, 2.05) is 6.07 Å². The molecule has 1 atom stereocenters. The summed E-state index contributed by atoms with van der Waals surface area (Å²) in [6, 6.07) is 10.7. The van der Waals surface area contributed by atoms with Crippen molar-refractivity contribution >= 4 is 69.2 Å². The molecule has 8 heteroatoms. The number of rotatable bonds is 2. The molecular weight excluding hydrogens is 457 g/mol. The SMILES string of the molecule is CC1=NC(C(=O)C(Cl)(Cl)Cl)C2=C1c1ccc(Cl)cc1C(c1ccccc1F)=NC2. The summed E-state index contributed by atoms with van der Waals surface area (Å²) in [4.78, 5) is 21.8. The number of allylic oxidation sites excluding steroid dienone is 1. The van der Waals surface area contributed by atoms with Crippen LogP contribution in [0.1, 0.15) is 23.6 Å². The summed E-state index contributed by atoms with van der Waals surface area (Å²) in [6.07, 6.45) is 0. The van der Waals surface area contributed by atoms with Gasteiger partial charge in [0.15, 0.2) is 0 Å². The fourth-order valence-electron chi connectivity index (χ4n) is 3.67. The van der Waals surface area contributed by atoms with Gasteiger partial charge in [0, 0.05) is 27.4 Å². The molecular formula is C21H13Cl4FN2O. The Hall–Kier alpha value is -1.72. The van der Waals surface area contributed by atoms with Crippen LogP contribution < -0.4 is 0 Å². The molecule has 0 saturated carbocycles. The summed E-state index contributed by atoms with van der Waals surface area (Å²) in [5.41, 5.74) is 4.20. The van der Waals surface area contributed by atoms with E-state index in [1.54, 1.807) is 37.3 Å². The molecule has 0 aliphatic carbocycles. The predicted molar refractivity (Wildman–Crippen MR) is 117 cm³/mol. The molecule has 2 aliphatic heterocycles. The second-order valence-electron chi connectivity index (χ2n) is 6.71. The van der Waals surface area contributed by atoms with Crippen LogP contribution in [0.3, 0.4) is 0 Å². The number of Topliss-reactive ketones (excluding diaryl/α,β-unsaturated/α-hetero) is 1. The Morgan fingerprint density at radius 2 is 1.83 bits per heavy atom. The highest BCUT2D eigenvalue weighted by Crippen LogP contribution is 2.40. The van der Waals surface area contributed by atoms with Crippen LogP contribution in [-0.4, -0.2) is 33.6 Å². The third-order valence-corrected chi connectivity index (χ3v) is 5.70. The van der Waals surface area contributed by atoms with E-state index in [2.05, 4.69) is 9.98 Å². The zero-order chi connectivity index (χ0) is 20.9. The largest absolute Gasteiger partial charge is 0.292 e. The lowest BCUT2D eigenvalue weighted by Gasteiger charge is -2.16. The van der Waals surface area contributed by atoms with Crippen LogP contribution in [0.25, 0.3) is 5.57 Å². The summed E-state index contributed by atoms with van der Waals surface area (Å²) in [5.74, 6) is -1.05. The maximum atomic E-state index is 14.6. The number of alkyl halides is 3. The van der Waals surface area contributed by atoms with Crippen molar-refractivity contribution in [2.45, 2.75) is 16.8 Å². The Bertz CT molecular complexity index is 1130. The Labute approximate surface area is 186 Å². The second-order valence-corrected chi connectivity index (χ2v) is 9.43. The van der Waals surface area contributed by atoms with Gasteiger partial charge in [0.25, 0.3) is 3.79 Å². The van der Waals surface area contributed by atoms with Crippen molar-refractivity contribution in [3.63, 3.8) is 0 Å². The lowest BCUT2D eigenvalue weighted by atomic mass is 9.89. The minimum absolute atomic E-state index is 0.114. The highest BCUT2D eigenvalue weighted by molar-refractivity contribution is 6.76. The van der Waals surface area contributed by atoms with Crippen LogP contribution in [0.15, 0.2) is 58.0 Å². The number of ketones is 1. The minimum Gasteiger partial charge on any atom is -0.292 e. The fourth-order valence-corrected chi connectivity index (χ4v) is 4.16. The molecule has 4 rings (SSSR count). The Morgan fingerprint density at radius 3 is 2.52 bits per heavy atom. The van der Waals surface area contributed by atoms with Crippen LogP contribution in [0.2, 0.25) is 5.02 Å². The Morgan fingerprint density at radius 1 is 1.10 bits per heavy atom. The molecule has 0 fully saturated rings. The molecule has 2 heterocycles. The average molecular weight is 470 g/mol. The molecule has 2 aromatic carbocycles. The quantitative estimate of drug-likeness (QED) is 0.507. The Kier molecular flexibility index (Phi) is 5.32. The molecule has 0 spiro atoms. The molecule has 1 unspecified atom stereocenters. The average Bonchev–Trinajstić information content (AvgIpc) is 2.88. The summed E-state index contributed by atoms with van der Waals surface area (Å²) in [6.45, 7) is 1.90. The van der Waals surface area contributed by atoms with Gasteiger partial charge in [-0.1, -0.05) is 64.6 Å². The van der Waals surface area contributed by atoms with Gasteiger partial charge in [-0.15, -0.1) is 0 Å². The normalized spacial score (nSPS) is 18.6. The van der Waals surface area contributed by atoms with Crippen LogP contribution in [0.5, 0.6) is 0 Å². The van der Waals surface area contributed by atoms with Crippen molar-refractivity contribution in [3.8, 4) is 0 Å². The molecule has 2 aliphatic rings. The van der Waals surface area contributed by atoms with Gasteiger partial charge >= 0.3 is 0 Å². The van der Waals surface area contributed by atoms with Crippen LogP contribution in [0.4, 0.5) is 4.39 Å². The molecule has 0 N–H and O–H groups in total. The van der Waals surface area contributed by atoms with E-state index in [9.17, 15) is 9.18 Å². The van der Waals surface area contributed by atoms with Gasteiger partial charge in [-0.25, -0.2) is 4.39 Å². The molecule has 148 valence electrons. The summed E-state index contributed by atoms with van der Waals surface area (Å²) in [7, 11) is 0. The van der Waals surface area contributed by atoms with Crippen molar-refractivity contribution < 1.29 is 9.18 Å². The zero-order valence-electron chi connectivity index (χ0n) is 15.0. The summed E-state index contributed by atoms with van der Waals surface area (Å²) >= 11 is 23.7. The summed E-state index contributed by atoms with van der Waals surface area (Å²) in [5, 5.41) is 0.485. The van der Waals surface area contributed by atoms with E-state index in [4.69, 9.17) is 46.4 Å². The summed E-state index contributed by atoms with van der Waals surface area (Å²) < 4.78 is 12.5. The van der Waals surface area contributed by atoms with Crippen molar-refractivity contribution in [3.05, 3.63) is 75.6 Å². The number of fused-ring (bicyclic) bond motifs is 2. The smallest absolute Gasteiger partial charge is 0.251 e. The van der Waals surface area contributed by atoms with E-state index in [1.165, 1.54) is 6.07 Å². The van der Waals surface area contributed by atoms with E-state index < -0.39 is 21.4 Å². The van der Waals surface area contributed by atoms with Gasteiger partial charge in [0.2, 0.25) is 5.78 Å². The number of carbonyl (C=O) groups excluding carboxylic acids is 1. The number of aliphatic imine (C=N–C) groups is 2. The molecule has 3 nitrogen and oxygen atoms in total. The lowest BCUT2D eigenvalue weighted by molar-refractivity contribution is -0.118. The van der Waals surface area contributed by atoms with E-state index in [0.29, 0.717) is 33.1 Å². The number of nitrogens with zero attached hydrogens (tertiary/aromatic N) is 2. The van der Waals surface area contributed by atoms with Crippen molar-refractivity contribution in [2.24, 2.45) is 9.98 Å². The molecule has 29 heavy (non-hydrogen) atoms. The van der Waals surface area contributed by atoms with Crippen LogP contribution in [0, 0.1) is 5.82 Å². The first-order valence-corrected chi connectivity index (χ1v) is 10.2. The molecule has 0 saturated heterocycles. The lowest BCUT2D eigenvalue weighted by Crippen LogP contribution is -2.32. The minimum atomic E-state index is -2.11. The Balaban J connectivity index is 1.94. The van der Waals surface area contributed by atoms with Crippen molar-refractivity contribution in [2.75, 3.05) is 6.54 Å². The third-order valence-electron chi connectivity index (χ3n) is 4.91. The fraction of sp³-hybridized carbons (Fsp3) is 0.190. The van der Waals surface area contributed by atoms with Crippen LogP contribution >= 0.6 is 46.4 Å². The molecule has 0 bridgehead atoms. The van der Waals surface area contributed by atoms with Gasteiger partial charge in [-0.05, 0) is 42.3 Å². The van der Waals surface area contributed by atoms with Gasteiger partial charge in [-0.2, -0.15) is 0 Å². The highest BCUT2D eigenvalue weighted by Gasteiger charge is 2.43. The molecule has 0 aromatic heterocycles. The van der Waals surface area contributed by atoms with E-state index >= 15 is 0 Å². The van der Waals surface area contributed by atoms with Crippen LogP contribution in [-0.2, 0) is 4.79 Å². The van der Waals surface area contributed by atoms with Gasteiger partial charge in [0.1, 0.15) is 11.9 Å². The number of hydrogen-bond donors (Lipinski definition) is 0. The standard InChI is InChI=1S/C21H13Cl4FN2O/c1-10-17-12-7-6-11(22)8-14(12)18(13-4-2-3-5-16(13)26)27-9-15(17)19(28-10)20(29)21(23,24)25/h2-8,19H,9H2,1H3. The topological polar surface area (TPSA) is 41.8 Å². The molecule has 0 amide bonds. The van der Waals surface area contributed by atoms with E-state index in [0.717, 1.165) is 11.1 Å². The van der Waals surface area contributed by atoms with Gasteiger partial charge in [0.05, 0.1) is 12.3 Å². The second kappa shape index (κ2) is 7.51. The number of carbonyl (C=O) groups is 1. The van der Waals surface area contributed by atoms with Gasteiger partial charge in [-0.3, -0.25) is 14.8 Å². The number of halogens is 5. The van der Waals surface area contributed by atoms with Crippen molar-refractivity contribution in [1.82, 2.24) is 0 Å². The molecule has 2 aromatic rings. The first-order chi connectivity index (χ1) is 13.7. The highest BCUT2D eigenvalue weighted by atomic mass is 35.6. The molecule has 0 radical (unpaired) electrons. The monoisotopic (exact) mass is 468 g/mol. The van der Waals surface area contributed by atoms with Crippen molar-refractivity contribution in [1.29, 1.82) is 0 Å². The van der Waals surface area contributed by atoms with E-state index in [-0.39, 0.29) is 6.54 Å². The first-order valence-electron chi connectivity index (χ1n) is 8.67. The maximum Gasteiger partial charge on any atom is 0.251 e. The first kappa shape index (κ1) is 20.5. The maximum absolute atomic E-state index is 14.6. The number of hydrogen-bond acceptors (Lipinski definition) is 3. The van der Waals surface area contributed by atoms with Gasteiger partial charge < -0.3 is 0 Å². The third kappa shape index (κ3) is 3.64.